The second-order valence-electron chi connectivity index (χ2n) is 6.87. The molecule has 106 valence electrons. The summed E-state index contributed by atoms with van der Waals surface area (Å²) in [5.41, 5.74) is 3.11. The van der Waals surface area contributed by atoms with Crippen molar-refractivity contribution in [3.63, 3.8) is 0 Å². The molecule has 1 aliphatic rings. The molecule has 0 heterocycles. The summed E-state index contributed by atoms with van der Waals surface area (Å²) < 4.78 is 0. The first-order chi connectivity index (χ1) is 8.85. The predicted molar refractivity (Wildman–Crippen MR) is 83.7 cm³/mol. The van der Waals surface area contributed by atoms with Crippen molar-refractivity contribution in [1.82, 2.24) is 5.32 Å². The molecule has 0 amide bonds. The SMILES string of the molecule is CCC(NC1c2cc(Cl)ccc2CC1(C)C)C(C)C. The molecule has 2 rings (SSSR count). The maximum atomic E-state index is 6.19. The summed E-state index contributed by atoms with van der Waals surface area (Å²) in [7, 11) is 0. The van der Waals surface area contributed by atoms with Gasteiger partial charge in [0, 0.05) is 17.1 Å². The van der Waals surface area contributed by atoms with Crippen LogP contribution in [0.2, 0.25) is 5.02 Å². The van der Waals surface area contributed by atoms with E-state index in [4.69, 9.17) is 11.6 Å². The van der Waals surface area contributed by atoms with Crippen molar-refractivity contribution in [2.24, 2.45) is 11.3 Å². The van der Waals surface area contributed by atoms with Crippen molar-refractivity contribution in [1.29, 1.82) is 0 Å². The molecule has 0 fully saturated rings. The van der Waals surface area contributed by atoms with Gasteiger partial charge in [-0.05, 0) is 47.4 Å². The molecule has 19 heavy (non-hydrogen) atoms. The minimum atomic E-state index is 0.259. The molecule has 0 saturated heterocycles. The summed E-state index contributed by atoms with van der Waals surface area (Å²) in [6.45, 7) is 11.6. The summed E-state index contributed by atoms with van der Waals surface area (Å²) in [5.74, 6) is 0.657. The first-order valence-corrected chi connectivity index (χ1v) is 7.77. The number of halogens is 1. The molecule has 0 saturated carbocycles. The average Bonchev–Trinajstić information content (AvgIpc) is 2.56. The fourth-order valence-corrected chi connectivity index (χ4v) is 3.50. The monoisotopic (exact) mass is 279 g/mol. The number of nitrogens with one attached hydrogen (secondary N) is 1. The predicted octanol–water partition coefficient (Wildman–Crippen LogP) is 4.99. The van der Waals surface area contributed by atoms with Gasteiger partial charge in [-0.3, -0.25) is 0 Å². The molecule has 0 aliphatic heterocycles. The lowest BCUT2D eigenvalue weighted by Crippen LogP contribution is -2.40. The Kier molecular flexibility index (Phi) is 4.27. The third kappa shape index (κ3) is 2.98. The van der Waals surface area contributed by atoms with Gasteiger partial charge in [0.05, 0.1) is 0 Å². The quantitative estimate of drug-likeness (QED) is 0.819. The zero-order valence-corrected chi connectivity index (χ0v) is 13.5. The first kappa shape index (κ1) is 14.9. The second kappa shape index (κ2) is 5.46. The smallest absolute Gasteiger partial charge is 0.0409 e. The highest BCUT2D eigenvalue weighted by atomic mass is 35.5. The molecule has 0 bridgehead atoms. The van der Waals surface area contributed by atoms with Crippen molar-refractivity contribution in [2.45, 2.75) is 59.5 Å². The number of rotatable bonds is 4. The molecule has 1 nitrogen and oxygen atoms in total. The van der Waals surface area contributed by atoms with Crippen LogP contribution in [0.15, 0.2) is 18.2 Å². The van der Waals surface area contributed by atoms with E-state index in [1.807, 2.05) is 6.07 Å². The fraction of sp³-hybridized carbons (Fsp3) is 0.647. The summed E-state index contributed by atoms with van der Waals surface area (Å²) in [6.07, 6.45) is 2.30. The van der Waals surface area contributed by atoms with Crippen molar-refractivity contribution in [3.8, 4) is 0 Å². The molecule has 2 atom stereocenters. The van der Waals surface area contributed by atoms with Crippen molar-refractivity contribution < 1.29 is 0 Å². The largest absolute Gasteiger partial charge is 0.306 e. The van der Waals surface area contributed by atoms with Crippen LogP contribution in [0.1, 0.15) is 58.2 Å². The molecule has 1 aromatic carbocycles. The molecule has 2 unspecified atom stereocenters. The lowest BCUT2D eigenvalue weighted by molar-refractivity contribution is 0.224. The van der Waals surface area contributed by atoms with Gasteiger partial charge in [0.15, 0.2) is 0 Å². The van der Waals surface area contributed by atoms with Gasteiger partial charge in [0.1, 0.15) is 0 Å². The second-order valence-corrected chi connectivity index (χ2v) is 7.30. The molecule has 2 heteroatoms. The van der Waals surface area contributed by atoms with Crippen molar-refractivity contribution in [2.75, 3.05) is 0 Å². The fourth-order valence-electron chi connectivity index (χ4n) is 3.32. The Bertz CT molecular complexity index is 451. The van der Waals surface area contributed by atoms with Crippen LogP contribution in [0.5, 0.6) is 0 Å². The number of benzene rings is 1. The van der Waals surface area contributed by atoms with Crippen LogP contribution in [0, 0.1) is 11.3 Å². The van der Waals surface area contributed by atoms with Gasteiger partial charge in [-0.15, -0.1) is 0 Å². The zero-order chi connectivity index (χ0) is 14.2. The van der Waals surface area contributed by atoms with E-state index in [2.05, 4.69) is 52.1 Å². The molecule has 1 aliphatic carbocycles. The van der Waals surface area contributed by atoms with Crippen LogP contribution >= 0.6 is 11.6 Å². The van der Waals surface area contributed by atoms with Crippen LogP contribution in [-0.4, -0.2) is 6.04 Å². The van der Waals surface area contributed by atoms with Crippen LogP contribution in [-0.2, 0) is 6.42 Å². The zero-order valence-electron chi connectivity index (χ0n) is 12.8. The third-order valence-electron chi connectivity index (χ3n) is 4.47. The average molecular weight is 280 g/mol. The Morgan fingerprint density at radius 2 is 2.05 bits per heavy atom. The van der Waals surface area contributed by atoms with Crippen molar-refractivity contribution >= 4 is 11.6 Å². The molecule has 1 aromatic rings. The number of hydrogen-bond acceptors (Lipinski definition) is 1. The van der Waals surface area contributed by atoms with Crippen LogP contribution < -0.4 is 5.32 Å². The minimum Gasteiger partial charge on any atom is -0.306 e. The third-order valence-corrected chi connectivity index (χ3v) is 4.71. The molecule has 1 N–H and O–H groups in total. The Labute approximate surface area is 122 Å². The summed E-state index contributed by atoms with van der Waals surface area (Å²) in [4.78, 5) is 0. The normalized spacial score (nSPS) is 22.6. The highest BCUT2D eigenvalue weighted by Crippen LogP contribution is 2.46. The highest BCUT2D eigenvalue weighted by molar-refractivity contribution is 6.30. The Balaban J connectivity index is 2.31. The van der Waals surface area contributed by atoms with Gasteiger partial charge >= 0.3 is 0 Å². The summed E-state index contributed by atoms with van der Waals surface area (Å²) in [6, 6.07) is 7.33. The maximum absolute atomic E-state index is 6.19. The van der Waals surface area contributed by atoms with Gasteiger partial charge in [0.25, 0.3) is 0 Å². The van der Waals surface area contributed by atoms with E-state index in [0.29, 0.717) is 18.0 Å². The summed E-state index contributed by atoms with van der Waals surface area (Å²) in [5, 5.41) is 4.73. The van der Waals surface area contributed by atoms with Crippen molar-refractivity contribution in [3.05, 3.63) is 34.3 Å². The topological polar surface area (TPSA) is 12.0 Å². The van der Waals surface area contributed by atoms with Gasteiger partial charge in [-0.2, -0.15) is 0 Å². The lowest BCUT2D eigenvalue weighted by Gasteiger charge is -2.34. The van der Waals surface area contributed by atoms with Gasteiger partial charge in [-0.25, -0.2) is 0 Å². The summed E-state index contributed by atoms with van der Waals surface area (Å²) >= 11 is 6.19. The van der Waals surface area contributed by atoms with E-state index in [1.165, 1.54) is 17.5 Å². The van der Waals surface area contributed by atoms with Crippen LogP contribution in [0.25, 0.3) is 0 Å². The molecule has 0 aromatic heterocycles. The Morgan fingerprint density at radius 3 is 2.63 bits per heavy atom. The standard InChI is InChI=1S/C17H26ClN/c1-6-15(11(2)3)19-16-14-9-13(18)8-7-12(14)10-17(16,4)5/h7-9,11,15-16,19H,6,10H2,1-5H3. The molecular formula is C17H26ClN. The molecular weight excluding hydrogens is 254 g/mol. The Hall–Kier alpha value is -0.530. The van der Waals surface area contributed by atoms with E-state index < -0.39 is 0 Å². The maximum Gasteiger partial charge on any atom is 0.0409 e. The Morgan fingerprint density at radius 1 is 1.37 bits per heavy atom. The molecule has 0 spiro atoms. The van der Waals surface area contributed by atoms with E-state index in [1.54, 1.807) is 0 Å². The highest BCUT2D eigenvalue weighted by Gasteiger charge is 2.39. The van der Waals surface area contributed by atoms with Gasteiger partial charge < -0.3 is 5.32 Å². The van der Waals surface area contributed by atoms with Gasteiger partial charge in [-0.1, -0.05) is 52.3 Å². The van der Waals surface area contributed by atoms with E-state index >= 15 is 0 Å². The van der Waals surface area contributed by atoms with E-state index in [-0.39, 0.29) is 5.41 Å². The first-order valence-electron chi connectivity index (χ1n) is 7.39. The van der Waals surface area contributed by atoms with E-state index in [0.717, 1.165) is 11.4 Å². The number of fused-ring (bicyclic) bond motifs is 1. The van der Waals surface area contributed by atoms with Crippen LogP contribution in [0.3, 0.4) is 0 Å². The van der Waals surface area contributed by atoms with Crippen LogP contribution in [0.4, 0.5) is 0 Å². The van der Waals surface area contributed by atoms with Gasteiger partial charge in [0.2, 0.25) is 0 Å². The minimum absolute atomic E-state index is 0.259. The lowest BCUT2D eigenvalue weighted by atomic mass is 9.84. The number of hydrogen-bond donors (Lipinski definition) is 1. The van der Waals surface area contributed by atoms with E-state index in [9.17, 15) is 0 Å². The molecule has 0 radical (unpaired) electrons.